The lowest BCUT2D eigenvalue weighted by Gasteiger charge is -2.25. The summed E-state index contributed by atoms with van der Waals surface area (Å²) in [6.07, 6.45) is -5.57. The lowest BCUT2D eigenvalue weighted by Crippen LogP contribution is -2.45. The van der Waals surface area contributed by atoms with Gasteiger partial charge in [-0.25, -0.2) is 9.18 Å². The van der Waals surface area contributed by atoms with E-state index in [2.05, 4.69) is 0 Å². The summed E-state index contributed by atoms with van der Waals surface area (Å²) in [7, 11) is 0. The van der Waals surface area contributed by atoms with E-state index in [9.17, 15) is 22.4 Å². The molecule has 0 radical (unpaired) electrons. The van der Waals surface area contributed by atoms with Gasteiger partial charge in [-0.1, -0.05) is 54.6 Å². The average molecular weight is 322 g/mol. The molecule has 1 N–H and O–H groups in total. The van der Waals surface area contributed by atoms with E-state index in [1.54, 1.807) is 36.4 Å². The average Bonchev–Trinajstić information content (AvgIpc) is 2.52. The summed E-state index contributed by atoms with van der Waals surface area (Å²) in [6, 6.07) is 13.4. The van der Waals surface area contributed by atoms with Crippen molar-refractivity contribution in [1.82, 2.24) is 0 Å². The molecule has 0 bridgehead atoms. The molecule has 0 aliphatic carbocycles. The molecule has 0 saturated carbocycles. The number of carbonyl (C=O) groups is 1. The number of carboxylic acids is 1. The molecule has 1 atom stereocenters. The zero-order valence-corrected chi connectivity index (χ0v) is 11.6. The normalized spacial score (nSPS) is 14.8. The van der Waals surface area contributed by atoms with Gasteiger partial charge in [-0.15, -0.1) is 0 Å². The van der Waals surface area contributed by atoms with Gasteiger partial charge in [0.1, 0.15) is 0 Å². The number of fused-ring (bicyclic) bond motifs is 3. The first-order valence-electron chi connectivity index (χ1n) is 6.67. The van der Waals surface area contributed by atoms with Gasteiger partial charge in [0.15, 0.2) is 0 Å². The summed E-state index contributed by atoms with van der Waals surface area (Å²) < 4.78 is 53.9. The Morgan fingerprint density at radius 3 is 2.09 bits per heavy atom. The SMILES string of the molecule is O=C(O)C(F)(c1cccc2c1ccc1ccccc12)C(F)(F)F. The van der Waals surface area contributed by atoms with Gasteiger partial charge in [-0.05, 0) is 21.5 Å². The maximum Gasteiger partial charge on any atom is 0.437 e. The van der Waals surface area contributed by atoms with Crippen molar-refractivity contribution in [2.24, 2.45) is 0 Å². The van der Waals surface area contributed by atoms with Crippen molar-refractivity contribution in [3.05, 3.63) is 60.2 Å². The minimum absolute atomic E-state index is 0.0755. The molecule has 0 fully saturated rings. The fourth-order valence-corrected chi connectivity index (χ4v) is 2.73. The number of hydrogen-bond acceptors (Lipinski definition) is 1. The summed E-state index contributed by atoms with van der Waals surface area (Å²) in [5.74, 6) is -2.58. The van der Waals surface area contributed by atoms with Crippen LogP contribution >= 0.6 is 0 Å². The molecular formula is C17H10F4O2. The largest absolute Gasteiger partial charge is 0.478 e. The first kappa shape index (κ1) is 15.3. The second-order valence-electron chi connectivity index (χ2n) is 5.15. The zero-order valence-electron chi connectivity index (χ0n) is 11.6. The predicted molar refractivity (Wildman–Crippen MR) is 77.9 cm³/mol. The van der Waals surface area contributed by atoms with E-state index in [-0.39, 0.29) is 5.39 Å². The predicted octanol–water partition coefficient (Wildman–Crippen LogP) is 4.80. The number of rotatable bonds is 2. The first-order chi connectivity index (χ1) is 10.8. The molecule has 0 heterocycles. The molecule has 0 aromatic heterocycles. The van der Waals surface area contributed by atoms with Crippen molar-refractivity contribution < 1.29 is 27.5 Å². The van der Waals surface area contributed by atoms with E-state index < -0.39 is 23.4 Å². The van der Waals surface area contributed by atoms with E-state index >= 15 is 0 Å². The van der Waals surface area contributed by atoms with E-state index in [0.717, 1.165) is 11.5 Å². The summed E-state index contributed by atoms with van der Waals surface area (Å²) in [5, 5.41) is 10.6. The van der Waals surface area contributed by atoms with Crippen molar-refractivity contribution in [2.75, 3.05) is 0 Å². The van der Waals surface area contributed by atoms with Gasteiger partial charge in [0, 0.05) is 5.56 Å². The van der Waals surface area contributed by atoms with E-state index in [4.69, 9.17) is 5.11 Å². The standard InChI is InChI=1S/C17H10F4O2/c18-16(15(22)23,17(19,20)21)14-7-3-6-12-11-5-2-1-4-10(11)8-9-13(12)14/h1-9H,(H,22,23). The van der Waals surface area contributed by atoms with Crippen LogP contribution in [0.15, 0.2) is 54.6 Å². The highest BCUT2D eigenvalue weighted by Gasteiger charge is 2.64. The van der Waals surface area contributed by atoms with Crippen LogP contribution in [-0.4, -0.2) is 17.3 Å². The molecule has 23 heavy (non-hydrogen) atoms. The number of carboxylic acid groups (broad SMARTS) is 1. The Kier molecular flexibility index (Phi) is 3.28. The van der Waals surface area contributed by atoms with Gasteiger partial charge in [-0.3, -0.25) is 0 Å². The van der Waals surface area contributed by atoms with Gasteiger partial charge in [0.25, 0.3) is 0 Å². The van der Waals surface area contributed by atoms with Crippen LogP contribution in [0.2, 0.25) is 0 Å². The Bertz CT molecular complexity index is 917. The fourth-order valence-electron chi connectivity index (χ4n) is 2.73. The molecule has 2 nitrogen and oxygen atoms in total. The summed E-state index contributed by atoms with van der Waals surface area (Å²) >= 11 is 0. The molecule has 3 rings (SSSR count). The highest BCUT2D eigenvalue weighted by Crippen LogP contribution is 2.45. The van der Waals surface area contributed by atoms with Crippen molar-refractivity contribution in [3.8, 4) is 0 Å². The second kappa shape index (κ2) is 4.94. The minimum atomic E-state index is -5.57. The topological polar surface area (TPSA) is 37.3 Å². The van der Waals surface area contributed by atoms with Crippen LogP contribution in [0, 0.1) is 0 Å². The van der Waals surface area contributed by atoms with Crippen LogP contribution in [0.1, 0.15) is 5.56 Å². The Morgan fingerprint density at radius 1 is 0.783 bits per heavy atom. The lowest BCUT2D eigenvalue weighted by atomic mass is 9.88. The summed E-state index contributed by atoms with van der Waals surface area (Å²) in [6.45, 7) is 0. The minimum Gasteiger partial charge on any atom is -0.478 e. The highest BCUT2D eigenvalue weighted by atomic mass is 19.4. The van der Waals surface area contributed by atoms with Gasteiger partial charge < -0.3 is 5.11 Å². The Hall–Kier alpha value is -2.63. The van der Waals surface area contributed by atoms with Crippen LogP contribution in [0.5, 0.6) is 0 Å². The molecule has 0 aliphatic rings. The molecule has 0 aliphatic heterocycles. The van der Waals surface area contributed by atoms with Crippen molar-refractivity contribution in [2.45, 2.75) is 11.8 Å². The summed E-state index contributed by atoms with van der Waals surface area (Å²) in [4.78, 5) is 11.1. The van der Waals surface area contributed by atoms with Crippen LogP contribution < -0.4 is 0 Å². The molecule has 6 heteroatoms. The number of halogens is 4. The zero-order chi connectivity index (χ0) is 16.8. The maximum absolute atomic E-state index is 14.6. The Labute approximate surface area is 128 Å². The number of alkyl halides is 4. The van der Waals surface area contributed by atoms with Gasteiger partial charge >= 0.3 is 17.8 Å². The fraction of sp³-hybridized carbons (Fsp3) is 0.118. The van der Waals surface area contributed by atoms with Crippen molar-refractivity contribution >= 4 is 27.5 Å². The van der Waals surface area contributed by atoms with Gasteiger partial charge in [-0.2, -0.15) is 13.2 Å². The third kappa shape index (κ3) is 2.13. The monoisotopic (exact) mass is 322 g/mol. The van der Waals surface area contributed by atoms with E-state index in [1.807, 2.05) is 0 Å². The summed E-state index contributed by atoms with van der Waals surface area (Å²) in [5.41, 5.74) is -5.38. The molecule has 118 valence electrons. The number of aliphatic carboxylic acids is 1. The molecule has 0 saturated heterocycles. The van der Waals surface area contributed by atoms with Crippen molar-refractivity contribution in [1.29, 1.82) is 0 Å². The van der Waals surface area contributed by atoms with Crippen LogP contribution in [0.3, 0.4) is 0 Å². The lowest BCUT2D eigenvalue weighted by molar-refractivity contribution is -0.240. The van der Waals surface area contributed by atoms with Crippen LogP contribution in [-0.2, 0) is 10.5 Å². The molecule has 1 unspecified atom stereocenters. The molecule has 3 aromatic rings. The van der Waals surface area contributed by atoms with Crippen LogP contribution in [0.4, 0.5) is 17.6 Å². The van der Waals surface area contributed by atoms with Crippen molar-refractivity contribution in [3.63, 3.8) is 0 Å². The van der Waals surface area contributed by atoms with Crippen LogP contribution in [0.25, 0.3) is 21.5 Å². The van der Waals surface area contributed by atoms with E-state index in [0.29, 0.717) is 10.8 Å². The number of benzene rings is 3. The molecular weight excluding hydrogens is 312 g/mol. The highest BCUT2D eigenvalue weighted by molar-refractivity contribution is 6.09. The second-order valence-corrected chi connectivity index (χ2v) is 5.15. The van der Waals surface area contributed by atoms with Gasteiger partial charge in [0.05, 0.1) is 0 Å². The first-order valence-corrected chi connectivity index (χ1v) is 6.67. The molecule has 0 spiro atoms. The van der Waals surface area contributed by atoms with Gasteiger partial charge in [0.2, 0.25) is 0 Å². The third-order valence-corrected chi connectivity index (χ3v) is 3.84. The third-order valence-electron chi connectivity index (χ3n) is 3.84. The molecule has 3 aromatic carbocycles. The molecule has 0 amide bonds. The van der Waals surface area contributed by atoms with E-state index in [1.165, 1.54) is 12.1 Å². The Balaban J connectivity index is 2.43. The maximum atomic E-state index is 14.6. The smallest absolute Gasteiger partial charge is 0.437 e. The Morgan fingerprint density at radius 2 is 1.43 bits per heavy atom. The number of hydrogen-bond donors (Lipinski definition) is 1. The quantitative estimate of drug-likeness (QED) is 0.543.